The number of halogens is 2. The number of nitrogens with one attached hydrogen (secondary N) is 1. The molecule has 0 spiro atoms. The van der Waals surface area contributed by atoms with E-state index >= 15 is 0 Å². The van der Waals surface area contributed by atoms with Crippen molar-refractivity contribution in [1.29, 1.82) is 0 Å². The molecule has 1 atom stereocenters. The lowest BCUT2D eigenvalue weighted by molar-refractivity contribution is -0.141. The minimum absolute atomic E-state index is 0.132. The molecule has 1 saturated heterocycles. The Balaban J connectivity index is 2.02. The summed E-state index contributed by atoms with van der Waals surface area (Å²) in [7, 11) is 0. The van der Waals surface area contributed by atoms with Crippen LogP contribution in [0.5, 0.6) is 0 Å². The normalized spacial score (nSPS) is 18.4. The van der Waals surface area contributed by atoms with Crippen LogP contribution in [-0.4, -0.2) is 34.6 Å². The van der Waals surface area contributed by atoms with E-state index in [9.17, 15) is 18.4 Å². The fourth-order valence-electron chi connectivity index (χ4n) is 2.17. The van der Waals surface area contributed by atoms with Crippen molar-refractivity contribution in [3.63, 3.8) is 0 Å². The van der Waals surface area contributed by atoms with Crippen LogP contribution in [0, 0.1) is 0 Å². The number of alkyl halides is 2. The first kappa shape index (κ1) is 14.2. The van der Waals surface area contributed by atoms with E-state index in [1.54, 1.807) is 0 Å². The summed E-state index contributed by atoms with van der Waals surface area (Å²) in [6, 6.07) is 3.82. The summed E-state index contributed by atoms with van der Waals surface area (Å²) in [6.45, 7) is 0.373. The van der Waals surface area contributed by atoms with E-state index in [2.05, 4.69) is 5.32 Å². The van der Waals surface area contributed by atoms with Gasteiger partial charge in [0.2, 0.25) is 0 Å². The molecule has 5 nitrogen and oxygen atoms in total. The number of aliphatic carboxylic acids is 1. The second-order valence-electron chi connectivity index (χ2n) is 4.54. The molecule has 20 heavy (non-hydrogen) atoms. The number of benzene rings is 1. The Kier molecular flexibility index (Phi) is 4.16. The molecule has 0 bridgehead atoms. The summed E-state index contributed by atoms with van der Waals surface area (Å²) >= 11 is 0. The van der Waals surface area contributed by atoms with Gasteiger partial charge in [-0.3, -0.25) is 0 Å². The van der Waals surface area contributed by atoms with E-state index < -0.39 is 24.5 Å². The van der Waals surface area contributed by atoms with Gasteiger partial charge >= 0.3 is 12.0 Å². The van der Waals surface area contributed by atoms with Gasteiger partial charge in [-0.15, -0.1) is 0 Å². The average Bonchev–Trinajstić information content (AvgIpc) is 2.88. The van der Waals surface area contributed by atoms with E-state index in [1.807, 2.05) is 0 Å². The maximum Gasteiger partial charge on any atom is 0.326 e. The number of anilines is 1. The number of carbonyl (C=O) groups is 2. The number of hydrogen-bond acceptors (Lipinski definition) is 2. The molecule has 1 aliphatic heterocycles. The smallest absolute Gasteiger partial charge is 0.326 e. The van der Waals surface area contributed by atoms with Crippen LogP contribution in [0.2, 0.25) is 0 Å². The summed E-state index contributed by atoms with van der Waals surface area (Å²) in [6.07, 6.45) is -1.50. The van der Waals surface area contributed by atoms with Crippen LogP contribution in [0.25, 0.3) is 0 Å². The number of nitrogens with zero attached hydrogens (tertiary/aromatic N) is 1. The van der Waals surface area contributed by atoms with E-state index in [4.69, 9.17) is 5.11 Å². The van der Waals surface area contributed by atoms with Crippen LogP contribution in [0.15, 0.2) is 24.3 Å². The highest BCUT2D eigenvalue weighted by atomic mass is 19.3. The average molecular weight is 284 g/mol. The standard InChI is InChI=1S/C13H14F2N2O3/c14-11(15)8-3-5-9(6-4-8)16-13(20)17-7-1-2-10(17)12(18)19/h3-6,10-11H,1-2,7H2,(H,16,20)(H,18,19)/t10-/m1/s1. The van der Waals surface area contributed by atoms with E-state index in [0.29, 0.717) is 25.1 Å². The van der Waals surface area contributed by atoms with Gasteiger partial charge < -0.3 is 15.3 Å². The zero-order chi connectivity index (χ0) is 14.7. The Hall–Kier alpha value is -2.18. The zero-order valence-electron chi connectivity index (χ0n) is 10.6. The number of likely N-dealkylation sites (tertiary alicyclic amines) is 1. The third-order valence-electron chi connectivity index (χ3n) is 3.21. The van der Waals surface area contributed by atoms with Crippen LogP contribution in [0.1, 0.15) is 24.8 Å². The maximum atomic E-state index is 12.4. The molecule has 108 valence electrons. The second kappa shape index (κ2) is 5.85. The van der Waals surface area contributed by atoms with Gasteiger partial charge in [0, 0.05) is 17.8 Å². The van der Waals surface area contributed by atoms with Crippen LogP contribution in [0.4, 0.5) is 19.3 Å². The predicted octanol–water partition coefficient (Wildman–Crippen LogP) is 2.71. The molecule has 0 saturated carbocycles. The van der Waals surface area contributed by atoms with Gasteiger partial charge in [-0.2, -0.15) is 0 Å². The number of amides is 2. The highest BCUT2D eigenvalue weighted by Crippen LogP contribution is 2.22. The van der Waals surface area contributed by atoms with Gasteiger partial charge in [0.05, 0.1) is 0 Å². The molecule has 1 heterocycles. The molecule has 0 radical (unpaired) electrons. The molecule has 0 unspecified atom stereocenters. The van der Waals surface area contributed by atoms with Crippen LogP contribution >= 0.6 is 0 Å². The summed E-state index contributed by atoms with van der Waals surface area (Å²) in [5, 5.41) is 11.5. The van der Waals surface area contributed by atoms with Crippen molar-refractivity contribution in [3.05, 3.63) is 29.8 Å². The highest BCUT2D eigenvalue weighted by Gasteiger charge is 2.33. The maximum absolute atomic E-state index is 12.4. The summed E-state index contributed by atoms with van der Waals surface area (Å²) in [5.41, 5.74) is 0.225. The van der Waals surface area contributed by atoms with Gasteiger partial charge in [0.1, 0.15) is 6.04 Å². The number of carboxylic acids is 1. The van der Waals surface area contributed by atoms with Crippen molar-refractivity contribution in [2.24, 2.45) is 0 Å². The molecule has 1 aromatic carbocycles. The zero-order valence-corrected chi connectivity index (χ0v) is 10.6. The molecular weight excluding hydrogens is 270 g/mol. The van der Waals surface area contributed by atoms with Crippen molar-refractivity contribution in [2.75, 3.05) is 11.9 Å². The molecule has 2 N–H and O–H groups in total. The number of urea groups is 1. The van der Waals surface area contributed by atoms with Gasteiger partial charge in [0.25, 0.3) is 6.43 Å². The quantitative estimate of drug-likeness (QED) is 0.896. The van der Waals surface area contributed by atoms with Gasteiger partial charge in [-0.05, 0) is 25.0 Å². The first-order chi connectivity index (χ1) is 9.49. The first-order valence-corrected chi connectivity index (χ1v) is 6.17. The Morgan fingerprint density at radius 2 is 1.95 bits per heavy atom. The lowest BCUT2D eigenvalue weighted by Crippen LogP contribution is -2.42. The Labute approximate surface area is 114 Å². The van der Waals surface area contributed by atoms with Crippen molar-refractivity contribution in [3.8, 4) is 0 Å². The number of rotatable bonds is 3. The van der Waals surface area contributed by atoms with E-state index in [0.717, 1.165) is 0 Å². The largest absolute Gasteiger partial charge is 0.480 e. The first-order valence-electron chi connectivity index (χ1n) is 6.17. The van der Waals surface area contributed by atoms with E-state index in [-0.39, 0.29) is 5.56 Å². The molecule has 1 aromatic rings. The summed E-state index contributed by atoms with van der Waals surface area (Å²) in [4.78, 5) is 24.2. The molecule has 7 heteroatoms. The van der Waals surface area contributed by atoms with Crippen molar-refractivity contribution >= 4 is 17.7 Å². The topological polar surface area (TPSA) is 69.6 Å². The SMILES string of the molecule is O=C(O)[C@H]1CCCN1C(=O)Nc1ccc(C(F)F)cc1. The molecular formula is C13H14F2N2O3. The van der Waals surface area contributed by atoms with E-state index in [1.165, 1.54) is 29.2 Å². The summed E-state index contributed by atoms with van der Waals surface area (Å²) in [5.74, 6) is -1.04. The number of hydrogen-bond donors (Lipinski definition) is 2. The van der Waals surface area contributed by atoms with Gasteiger partial charge in [-0.1, -0.05) is 12.1 Å². The number of carbonyl (C=O) groups excluding carboxylic acids is 1. The highest BCUT2D eigenvalue weighted by molar-refractivity contribution is 5.92. The molecule has 2 rings (SSSR count). The van der Waals surface area contributed by atoms with Gasteiger partial charge in [0.15, 0.2) is 0 Å². The summed E-state index contributed by atoms with van der Waals surface area (Å²) < 4.78 is 24.8. The van der Waals surface area contributed by atoms with Crippen molar-refractivity contribution in [1.82, 2.24) is 4.90 Å². The fourth-order valence-corrected chi connectivity index (χ4v) is 2.17. The minimum Gasteiger partial charge on any atom is -0.480 e. The van der Waals surface area contributed by atoms with Gasteiger partial charge in [-0.25, -0.2) is 18.4 Å². The van der Waals surface area contributed by atoms with Crippen molar-refractivity contribution in [2.45, 2.75) is 25.3 Å². The Morgan fingerprint density at radius 3 is 2.50 bits per heavy atom. The lowest BCUT2D eigenvalue weighted by atomic mass is 10.2. The molecule has 1 fully saturated rings. The third kappa shape index (κ3) is 3.04. The molecule has 0 aliphatic carbocycles. The predicted molar refractivity (Wildman–Crippen MR) is 67.8 cm³/mol. The monoisotopic (exact) mass is 284 g/mol. The van der Waals surface area contributed by atoms with Crippen LogP contribution < -0.4 is 5.32 Å². The van der Waals surface area contributed by atoms with Crippen molar-refractivity contribution < 1.29 is 23.5 Å². The van der Waals surface area contributed by atoms with Crippen LogP contribution in [0.3, 0.4) is 0 Å². The third-order valence-corrected chi connectivity index (χ3v) is 3.21. The number of carboxylic acid groups (broad SMARTS) is 1. The molecule has 0 aromatic heterocycles. The molecule has 1 aliphatic rings. The van der Waals surface area contributed by atoms with Crippen LogP contribution in [-0.2, 0) is 4.79 Å². The Morgan fingerprint density at radius 1 is 1.30 bits per heavy atom. The Bertz CT molecular complexity index is 505. The fraction of sp³-hybridized carbons (Fsp3) is 0.385. The second-order valence-corrected chi connectivity index (χ2v) is 4.54. The minimum atomic E-state index is -2.56. The lowest BCUT2D eigenvalue weighted by Gasteiger charge is -2.21. The molecule has 2 amide bonds.